The molecule has 4 N–H and O–H groups in total. The SMILES string of the molecule is CC(C)Nc1nc(N)c(C(=O)NC(C)Cc2cccs2)s1. The lowest BCUT2D eigenvalue weighted by Crippen LogP contribution is -2.33. The number of nitrogens with one attached hydrogen (secondary N) is 2. The molecule has 0 radical (unpaired) electrons. The lowest BCUT2D eigenvalue weighted by Gasteiger charge is -2.12. The number of aromatic nitrogens is 1. The summed E-state index contributed by atoms with van der Waals surface area (Å²) < 4.78 is 0. The standard InChI is InChI=1S/C14H20N4OS2/c1-8(2)16-14-18-12(15)11(21-14)13(19)17-9(3)7-10-5-4-6-20-10/h4-6,8-9H,7,15H2,1-3H3,(H,16,18)(H,17,19). The molecule has 21 heavy (non-hydrogen) atoms. The summed E-state index contributed by atoms with van der Waals surface area (Å²) in [6.07, 6.45) is 0.819. The van der Waals surface area contributed by atoms with Gasteiger partial charge in [0.1, 0.15) is 10.7 Å². The molecule has 0 spiro atoms. The van der Waals surface area contributed by atoms with Crippen LogP contribution in [0.1, 0.15) is 35.3 Å². The maximum atomic E-state index is 12.3. The predicted molar refractivity (Wildman–Crippen MR) is 90.2 cm³/mol. The zero-order valence-corrected chi connectivity index (χ0v) is 14.0. The van der Waals surface area contributed by atoms with Crippen LogP contribution in [0.2, 0.25) is 0 Å². The first-order valence-electron chi connectivity index (χ1n) is 6.81. The molecule has 0 aliphatic heterocycles. The Hall–Kier alpha value is -1.60. The van der Waals surface area contributed by atoms with E-state index in [9.17, 15) is 4.79 Å². The van der Waals surface area contributed by atoms with Crippen molar-refractivity contribution in [3.8, 4) is 0 Å². The van der Waals surface area contributed by atoms with Gasteiger partial charge in [-0.15, -0.1) is 11.3 Å². The Morgan fingerprint density at radius 2 is 2.19 bits per heavy atom. The van der Waals surface area contributed by atoms with Crippen LogP contribution in [-0.2, 0) is 6.42 Å². The van der Waals surface area contributed by atoms with Gasteiger partial charge in [-0.05, 0) is 32.2 Å². The predicted octanol–water partition coefficient (Wildman–Crippen LogP) is 2.97. The van der Waals surface area contributed by atoms with Crippen molar-refractivity contribution >= 4 is 39.5 Å². The van der Waals surface area contributed by atoms with E-state index in [-0.39, 0.29) is 23.8 Å². The topological polar surface area (TPSA) is 80.0 Å². The number of carbonyl (C=O) groups is 1. The van der Waals surface area contributed by atoms with Gasteiger partial charge in [0, 0.05) is 23.4 Å². The van der Waals surface area contributed by atoms with E-state index < -0.39 is 0 Å². The molecule has 0 aliphatic rings. The highest BCUT2D eigenvalue weighted by Crippen LogP contribution is 2.25. The second-order valence-corrected chi connectivity index (χ2v) is 7.22. The average Bonchev–Trinajstić information content (AvgIpc) is 2.98. The molecule has 1 atom stereocenters. The molecule has 0 aliphatic carbocycles. The number of thiazole rings is 1. The molecule has 0 saturated heterocycles. The van der Waals surface area contributed by atoms with Crippen molar-refractivity contribution in [1.29, 1.82) is 0 Å². The fourth-order valence-electron chi connectivity index (χ4n) is 1.87. The fourth-order valence-corrected chi connectivity index (χ4v) is 3.64. The van der Waals surface area contributed by atoms with Gasteiger partial charge in [-0.2, -0.15) is 0 Å². The fraction of sp³-hybridized carbons (Fsp3) is 0.429. The number of nitrogens with zero attached hydrogens (tertiary/aromatic N) is 1. The van der Waals surface area contributed by atoms with E-state index in [1.54, 1.807) is 11.3 Å². The Balaban J connectivity index is 1.97. The third kappa shape index (κ3) is 4.44. The highest BCUT2D eigenvalue weighted by Gasteiger charge is 2.18. The summed E-state index contributed by atoms with van der Waals surface area (Å²) in [5.41, 5.74) is 5.83. The summed E-state index contributed by atoms with van der Waals surface area (Å²) in [5.74, 6) is 0.120. The first-order valence-corrected chi connectivity index (χ1v) is 8.51. The number of carbonyl (C=O) groups excluding carboxylic acids is 1. The van der Waals surface area contributed by atoms with E-state index >= 15 is 0 Å². The van der Waals surface area contributed by atoms with E-state index in [0.29, 0.717) is 10.0 Å². The highest BCUT2D eigenvalue weighted by molar-refractivity contribution is 7.18. The highest BCUT2D eigenvalue weighted by atomic mass is 32.1. The van der Waals surface area contributed by atoms with E-state index in [1.807, 2.05) is 32.2 Å². The number of hydrogen-bond acceptors (Lipinski definition) is 6. The molecule has 2 rings (SSSR count). The van der Waals surface area contributed by atoms with Crippen molar-refractivity contribution in [2.24, 2.45) is 0 Å². The zero-order chi connectivity index (χ0) is 15.4. The first kappa shape index (κ1) is 15.8. The second kappa shape index (κ2) is 6.91. The van der Waals surface area contributed by atoms with Crippen molar-refractivity contribution in [3.05, 3.63) is 27.3 Å². The molecule has 5 nitrogen and oxygen atoms in total. The minimum Gasteiger partial charge on any atom is -0.382 e. The van der Waals surface area contributed by atoms with Gasteiger partial charge in [0.2, 0.25) is 0 Å². The van der Waals surface area contributed by atoms with Gasteiger partial charge in [-0.3, -0.25) is 4.79 Å². The van der Waals surface area contributed by atoms with Gasteiger partial charge in [0.15, 0.2) is 5.13 Å². The molecule has 2 aromatic rings. The van der Waals surface area contributed by atoms with E-state index in [0.717, 1.165) is 6.42 Å². The molecule has 1 unspecified atom stereocenters. The number of nitrogens with two attached hydrogens (primary N) is 1. The number of anilines is 2. The molecule has 2 heterocycles. The molecule has 7 heteroatoms. The molecule has 0 aromatic carbocycles. The van der Waals surface area contributed by atoms with Crippen LogP contribution in [-0.4, -0.2) is 23.0 Å². The van der Waals surface area contributed by atoms with Crippen molar-refractivity contribution in [2.45, 2.75) is 39.3 Å². The van der Waals surface area contributed by atoms with Gasteiger partial charge in [-0.25, -0.2) is 4.98 Å². The molecule has 1 amide bonds. The first-order chi connectivity index (χ1) is 9.95. The van der Waals surface area contributed by atoms with Crippen LogP contribution in [0, 0.1) is 0 Å². The van der Waals surface area contributed by atoms with Crippen LogP contribution >= 0.6 is 22.7 Å². The lowest BCUT2D eigenvalue weighted by molar-refractivity contribution is 0.0945. The molecule has 0 bridgehead atoms. The molecular weight excluding hydrogens is 304 g/mol. The maximum absolute atomic E-state index is 12.3. The number of amides is 1. The van der Waals surface area contributed by atoms with Gasteiger partial charge in [0.05, 0.1) is 0 Å². The minimum atomic E-state index is -0.161. The second-order valence-electron chi connectivity index (χ2n) is 5.19. The number of thiophene rings is 1. The molecule has 2 aromatic heterocycles. The van der Waals surface area contributed by atoms with Crippen LogP contribution in [0.5, 0.6) is 0 Å². The van der Waals surface area contributed by atoms with Gasteiger partial charge in [0.25, 0.3) is 5.91 Å². The maximum Gasteiger partial charge on any atom is 0.265 e. The molecular formula is C14H20N4OS2. The van der Waals surface area contributed by atoms with Crippen LogP contribution in [0.4, 0.5) is 10.9 Å². The summed E-state index contributed by atoms with van der Waals surface area (Å²) in [7, 11) is 0. The number of rotatable bonds is 6. The molecule has 114 valence electrons. The van der Waals surface area contributed by atoms with Crippen molar-refractivity contribution < 1.29 is 4.79 Å². The summed E-state index contributed by atoms with van der Waals surface area (Å²) in [4.78, 5) is 18.2. The van der Waals surface area contributed by atoms with Crippen LogP contribution in [0.3, 0.4) is 0 Å². The average molecular weight is 324 g/mol. The van der Waals surface area contributed by atoms with Crippen LogP contribution < -0.4 is 16.4 Å². The summed E-state index contributed by atoms with van der Waals surface area (Å²) >= 11 is 2.98. The van der Waals surface area contributed by atoms with Crippen molar-refractivity contribution in [1.82, 2.24) is 10.3 Å². The quantitative estimate of drug-likeness (QED) is 0.763. The van der Waals surface area contributed by atoms with E-state index in [4.69, 9.17) is 5.73 Å². The molecule has 0 saturated carbocycles. The monoisotopic (exact) mass is 324 g/mol. The van der Waals surface area contributed by atoms with Gasteiger partial charge < -0.3 is 16.4 Å². The third-order valence-electron chi connectivity index (χ3n) is 2.74. The van der Waals surface area contributed by atoms with Gasteiger partial charge in [-0.1, -0.05) is 17.4 Å². The Morgan fingerprint density at radius 1 is 1.43 bits per heavy atom. The zero-order valence-electron chi connectivity index (χ0n) is 12.3. The third-order valence-corrected chi connectivity index (χ3v) is 4.64. The van der Waals surface area contributed by atoms with Crippen LogP contribution in [0.25, 0.3) is 0 Å². The van der Waals surface area contributed by atoms with E-state index in [2.05, 4.69) is 21.7 Å². The molecule has 0 fully saturated rings. The summed E-state index contributed by atoms with van der Waals surface area (Å²) in [5, 5.41) is 8.85. The van der Waals surface area contributed by atoms with Crippen LogP contribution in [0.15, 0.2) is 17.5 Å². The minimum absolute atomic E-state index is 0.0548. The smallest absolute Gasteiger partial charge is 0.265 e. The Labute approximate surface area is 132 Å². The summed E-state index contributed by atoms with van der Waals surface area (Å²) in [6, 6.07) is 4.39. The van der Waals surface area contributed by atoms with Crippen molar-refractivity contribution in [2.75, 3.05) is 11.1 Å². The van der Waals surface area contributed by atoms with Gasteiger partial charge >= 0.3 is 0 Å². The number of nitrogen functional groups attached to an aromatic ring is 1. The Morgan fingerprint density at radius 3 is 2.81 bits per heavy atom. The van der Waals surface area contributed by atoms with E-state index in [1.165, 1.54) is 16.2 Å². The number of hydrogen-bond donors (Lipinski definition) is 3. The summed E-state index contributed by atoms with van der Waals surface area (Å²) in [6.45, 7) is 6.02. The Kier molecular flexibility index (Phi) is 5.19. The normalized spacial score (nSPS) is 12.4. The largest absolute Gasteiger partial charge is 0.382 e. The Bertz CT molecular complexity index is 592. The van der Waals surface area contributed by atoms with Crippen molar-refractivity contribution in [3.63, 3.8) is 0 Å². The lowest BCUT2D eigenvalue weighted by atomic mass is 10.2.